The van der Waals surface area contributed by atoms with Crippen molar-refractivity contribution in [3.05, 3.63) is 41.1 Å². The first-order valence-electron chi connectivity index (χ1n) is 9.02. The molecule has 8 heteroatoms. The Hall–Kier alpha value is -2.87. The molecule has 0 bridgehead atoms. The molecule has 3 amide bonds. The average Bonchev–Trinajstić information content (AvgIpc) is 2.95. The quantitative estimate of drug-likeness (QED) is 0.667. The Labute approximate surface area is 158 Å². The third-order valence-electron chi connectivity index (χ3n) is 4.97. The van der Waals surface area contributed by atoms with Crippen molar-refractivity contribution >= 4 is 23.4 Å². The molecule has 0 saturated carbocycles. The lowest BCUT2D eigenvalue weighted by Gasteiger charge is -2.34. The maximum atomic E-state index is 12.4. The molecule has 3 atom stereocenters. The Balaban J connectivity index is 1.74. The Morgan fingerprint density at radius 1 is 1.11 bits per heavy atom. The van der Waals surface area contributed by atoms with Gasteiger partial charge in [0.15, 0.2) is 6.29 Å². The van der Waals surface area contributed by atoms with Gasteiger partial charge in [0.2, 0.25) is 5.91 Å². The van der Waals surface area contributed by atoms with Crippen molar-refractivity contribution in [1.29, 1.82) is 0 Å². The number of rotatable bonds is 3. The summed E-state index contributed by atoms with van der Waals surface area (Å²) >= 11 is 0. The van der Waals surface area contributed by atoms with E-state index in [9.17, 15) is 9.59 Å². The van der Waals surface area contributed by atoms with Gasteiger partial charge in [0.05, 0.1) is 11.6 Å². The minimum Gasteiger partial charge on any atom is -0.322 e. The normalized spacial score (nSPS) is 22.3. The van der Waals surface area contributed by atoms with Crippen molar-refractivity contribution in [3.63, 3.8) is 0 Å². The zero-order valence-electron chi connectivity index (χ0n) is 16.3. The smallest absolute Gasteiger partial charge is 0.322 e. The highest BCUT2D eigenvalue weighted by Crippen LogP contribution is 2.20. The van der Waals surface area contributed by atoms with Crippen LogP contribution < -0.4 is 21.3 Å². The molecule has 1 fully saturated rings. The summed E-state index contributed by atoms with van der Waals surface area (Å²) in [6.45, 7) is 9.67. The first kappa shape index (κ1) is 18.9. The molecule has 27 heavy (non-hydrogen) atoms. The first-order chi connectivity index (χ1) is 12.7. The molecular weight excluding hydrogens is 344 g/mol. The van der Waals surface area contributed by atoms with Crippen LogP contribution in [0.2, 0.25) is 0 Å². The number of carbonyl (C=O) groups is 2. The second-order valence-electron chi connectivity index (χ2n) is 7.15. The second kappa shape index (κ2) is 7.40. The number of hydrogen-bond donors (Lipinski definition) is 4. The molecule has 1 aromatic heterocycles. The fraction of sp³-hybridized carbons (Fsp3) is 0.421. The molecule has 1 aromatic carbocycles. The summed E-state index contributed by atoms with van der Waals surface area (Å²) in [4.78, 5) is 24.6. The van der Waals surface area contributed by atoms with Crippen LogP contribution in [0, 0.1) is 26.7 Å². The van der Waals surface area contributed by atoms with E-state index in [2.05, 4.69) is 26.4 Å². The van der Waals surface area contributed by atoms with Crippen molar-refractivity contribution in [2.24, 2.45) is 5.92 Å². The lowest BCUT2D eigenvalue weighted by molar-refractivity contribution is -0.130. The Morgan fingerprint density at radius 2 is 1.85 bits per heavy atom. The summed E-state index contributed by atoms with van der Waals surface area (Å²) in [7, 11) is 0. The minimum atomic E-state index is -0.519. The summed E-state index contributed by atoms with van der Waals surface area (Å²) < 4.78 is 1.58. The van der Waals surface area contributed by atoms with Crippen molar-refractivity contribution in [1.82, 2.24) is 20.4 Å². The van der Waals surface area contributed by atoms with Gasteiger partial charge < -0.3 is 10.6 Å². The Kier molecular flexibility index (Phi) is 5.18. The highest BCUT2D eigenvalue weighted by Gasteiger charge is 2.32. The van der Waals surface area contributed by atoms with Gasteiger partial charge in [-0.2, -0.15) is 5.10 Å². The van der Waals surface area contributed by atoms with Gasteiger partial charge in [0, 0.05) is 17.8 Å². The third kappa shape index (κ3) is 4.11. The number of anilines is 2. The topological polar surface area (TPSA) is 100 Å². The molecule has 1 saturated heterocycles. The van der Waals surface area contributed by atoms with Crippen molar-refractivity contribution in [2.45, 2.75) is 47.0 Å². The summed E-state index contributed by atoms with van der Waals surface area (Å²) in [5.74, 6) is 0.306. The molecule has 1 aliphatic rings. The van der Waals surface area contributed by atoms with Crippen LogP contribution in [0.3, 0.4) is 0 Å². The molecule has 0 spiro atoms. The van der Waals surface area contributed by atoms with E-state index < -0.39 is 6.29 Å². The van der Waals surface area contributed by atoms with Crippen LogP contribution in [-0.2, 0) is 4.79 Å². The van der Waals surface area contributed by atoms with Crippen LogP contribution >= 0.6 is 0 Å². The standard InChI is InChI=1S/C19H26N6O2/c1-10-6-7-15(8-11(10)2)21-19(27)22-16-9-12(3)24-25(16)18-20-14(5)13(4)17(26)23-18/h6-9,13-14,18,20H,1-5H3,(H,23,26)(H2,21,22,27). The zero-order chi connectivity index (χ0) is 19.7. The summed E-state index contributed by atoms with van der Waals surface area (Å²) in [5.41, 5.74) is 3.71. The molecule has 3 rings (SSSR count). The average molecular weight is 370 g/mol. The molecule has 8 nitrogen and oxygen atoms in total. The van der Waals surface area contributed by atoms with Crippen molar-refractivity contribution in [2.75, 3.05) is 10.6 Å². The lowest BCUT2D eigenvalue weighted by Crippen LogP contribution is -2.57. The summed E-state index contributed by atoms with van der Waals surface area (Å²) in [5, 5.41) is 16.2. The van der Waals surface area contributed by atoms with Crippen molar-refractivity contribution < 1.29 is 9.59 Å². The van der Waals surface area contributed by atoms with E-state index in [0.29, 0.717) is 11.5 Å². The van der Waals surface area contributed by atoms with E-state index in [1.807, 2.05) is 52.8 Å². The number of amides is 3. The fourth-order valence-corrected chi connectivity index (χ4v) is 2.96. The van der Waals surface area contributed by atoms with Crippen LogP contribution in [0.25, 0.3) is 0 Å². The van der Waals surface area contributed by atoms with E-state index in [-0.39, 0.29) is 23.9 Å². The summed E-state index contributed by atoms with van der Waals surface area (Å²) in [6, 6.07) is 7.12. The molecule has 0 aliphatic carbocycles. The summed E-state index contributed by atoms with van der Waals surface area (Å²) in [6.07, 6.45) is -0.519. The molecule has 4 N–H and O–H groups in total. The SMILES string of the molecule is Cc1cc(NC(=O)Nc2ccc(C)c(C)c2)n(C2NC(=O)C(C)C(C)N2)n1. The van der Waals surface area contributed by atoms with Crippen LogP contribution in [-0.4, -0.2) is 27.8 Å². The van der Waals surface area contributed by atoms with Gasteiger partial charge in [0.25, 0.3) is 0 Å². The Bertz CT molecular complexity index is 875. The van der Waals surface area contributed by atoms with Crippen molar-refractivity contribution in [3.8, 4) is 0 Å². The van der Waals surface area contributed by atoms with Gasteiger partial charge in [-0.05, 0) is 51.0 Å². The third-order valence-corrected chi connectivity index (χ3v) is 4.97. The van der Waals surface area contributed by atoms with E-state index in [0.717, 1.165) is 16.8 Å². The molecule has 2 heterocycles. The van der Waals surface area contributed by atoms with Crippen LogP contribution in [0.4, 0.5) is 16.3 Å². The van der Waals surface area contributed by atoms with Gasteiger partial charge in [-0.1, -0.05) is 13.0 Å². The van der Waals surface area contributed by atoms with Gasteiger partial charge in [0.1, 0.15) is 5.82 Å². The van der Waals surface area contributed by atoms with Crippen LogP contribution in [0.15, 0.2) is 24.3 Å². The number of hydrogen-bond acceptors (Lipinski definition) is 4. The number of carbonyl (C=O) groups excluding carboxylic acids is 2. The first-order valence-corrected chi connectivity index (χ1v) is 9.02. The van der Waals surface area contributed by atoms with Crippen LogP contribution in [0.1, 0.15) is 37.0 Å². The predicted molar refractivity (Wildman–Crippen MR) is 104 cm³/mol. The maximum Gasteiger partial charge on any atom is 0.324 e. The number of urea groups is 1. The largest absolute Gasteiger partial charge is 0.324 e. The highest BCUT2D eigenvalue weighted by molar-refractivity contribution is 5.99. The van der Waals surface area contributed by atoms with Gasteiger partial charge >= 0.3 is 6.03 Å². The van der Waals surface area contributed by atoms with E-state index in [4.69, 9.17) is 0 Å². The molecule has 144 valence electrons. The van der Waals surface area contributed by atoms with Crippen LogP contribution in [0.5, 0.6) is 0 Å². The molecule has 3 unspecified atom stereocenters. The number of aromatic nitrogens is 2. The van der Waals surface area contributed by atoms with E-state index in [1.54, 1.807) is 10.7 Å². The lowest BCUT2D eigenvalue weighted by atomic mass is 10.0. The predicted octanol–water partition coefficient (Wildman–Crippen LogP) is 2.65. The molecular formula is C19H26N6O2. The fourth-order valence-electron chi connectivity index (χ4n) is 2.96. The van der Waals surface area contributed by atoms with Gasteiger partial charge in [-0.15, -0.1) is 0 Å². The molecule has 1 aliphatic heterocycles. The van der Waals surface area contributed by atoms with E-state index in [1.165, 1.54) is 0 Å². The number of benzene rings is 1. The number of nitrogens with zero attached hydrogens (tertiary/aromatic N) is 2. The highest BCUT2D eigenvalue weighted by atomic mass is 16.2. The number of nitrogens with one attached hydrogen (secondary N) is 4. The second-order valence-corrected chi connectivity index (χ2v) is 7.15. The minimum absolute atomic E-state index is 0.00883. The zero-order valence-corrected chi connectivity index (χ0v) is 16.3. The van der Waals surface area contributed by atoms with Gasteiger partial charge in [-0.25, -0.2) is 9.48 Å². The number of aryl methyl sites for hydroxylation is 3. The Morgan fingerprint density at radius 3 is 2.52 bits per heavy atom. The monoisotopic (exact) mass is 370 g/mol. The molecule has 0 radical (unpaired) electrons. The van der Waals surface area contributed by atoms with E-state index >= 15 is 0 Å². The van der Waals surface area contributed by atoms with Gasteiger partial charge in [-0.3, -0.25) is 15.4 Å². The molecule has 2 aromatic rings. The maximum absolute atomic E-state index is 12.4.